The molecule has 19 nitrogen and oxygen atoms in total. The van der Waals surface area contributed by atoms with Crippen molar-refractivity contribution in [1.82, 2.24) is 20.0 Å². The fourth-order valence-electron chi connectivity index (χ4n) is 12.0. The van der Waals surface area contributed by atoms with Crippen LogP contribution in [0.25, 0.3) is 0 Å². The summed E-state index contributed by atoms with van der Waals surface area (Å²) in [6.07, 6.45) is 6.03. The smallest absolute Gasteiger partial charge is 0.416 e. The molecule has 0 aliphatic carbocycles. The van der Waals surface area contributed by atoms with Gasteiger partial charge in [-0.2, -0.15) is 0 Å². The van der Waals surface area contributed by atoms with Crippen LogP contribution in [-0.2, 0) is 67.6 Å². The summed E-state index contributed by atoms with van der Waals surface area (Å²) in [6, 6.07) is 27.5. The van der Waals surface area contributed by atoms with E-state index in [9.17, 15) is 38.7 Å². The molecule has 5 aliphatic heterocycles. The molecule has 5 atom stereocenters. The fraction of sp³-hybridized carbons (Fsp3) is 0.391. The molecule has 2 N–H and O–H groups in total. The maximum atomic E-state index is 14.6. The molecule has 0 saturated carbocycles. The molecule has 88 heavy (non-hydrogen) atoms. The summed E-state index contributed by atoms with van der Waals surface area (Å²) in [4.78, 5) is 106. The van der Waals surface area contributed by atoms with Crippen LogP contribution in [0.3, 0.4) is 0 Å². The lowest BCUT2D eigenvalue weighted by atomic mass is 9.88. The predicted molar refractivity (Wildman–Crippen MR) is 330 cm³/mol. The number of anilines is 1. The Morgan fingerprint density at radius 1 is 0.739 bits per heavy atom. The Morgan fingerprint density at radius 2 is 1.40 bits per heavy atom. The van der Waals surface area contributed by atoms with Gasteiger partial charge in [0.05, 0.1) is 61.0 Å². The third-order valence-electron chi connectivity index (χ3n) is 17.1. The zero-order valence-corrected chi connectivity index (χ0v) is 50.5. The first-order valence-electron chi connectivity index (χ1n) is 30.2. The van der Waals surface area contributed by atoms with Crippen LogP contribution in [0.1, 0.15) is 113 Å². The molecule has 5 aromatic rings. The molecule has 0 fully saturated rings. The van der Waals surface area contributed by atoms with E-state index >= 15 is 0 Å². The van der Waals surface area contributed by atoms with Crippen LogP contribution in [0, 0.1) is 18.8 Å². The minimum absolute atomic E-state index is 0.00631. The number of unbranched alkanes of at least 4 members (excludes halogenated alkanes) is 2. The van der Waals surface area contributed by atoms with Crippen molar-refractivity contribution >= 4 is 58.9 Å². The highest BCUT2D eigenvalue weighted by molar-refractivity contribution is 6.06. The number of amides is 5. The number of rotatable bonds is 25. The topological polar surface area (TPSA) is 223 Å². The van der Waals surface area contributed by atoms with E-state index in [4.69, 9.17) is 28.7 Å². The van der Waals surface area contributed by atoms with Gasteiger partial charge in [-0.1, -0.05) is 99.6 Å². The van der Waals surface area contributed by atoms with Crippen LogP contribution < -0.4 is 24.4 Å². The quantitative estimate of drug-likeness (QED) is 0.0521. The molecular weight excluding hydrogens is 1120 g/mol. The SMILES string of the molecule is C=C1C=CC(=O)N1CCCCCC(=O)C[C@H](C(=O)N[C@@H](C)C(=O)Cc1ccc(COC(=O)N2c3cc(OCCOCCOc4cc5c(cc4C)C(=O)N4Cc6ccccc6C[C@H]4C=N5)c(OC)cc3C(=O)N3Cc4ccccc4C[C@H]3C2O)cc1)C(C)C. The first-order valence-corrected chi connectivity index (χ1v) is 30.2. The minimum atomic E-state index is -1.55. The van der Waals surface area contributed by atoms with Crippen molar-refractivity contribution in [2.45, 2.75) is 123 Å². The molecule has 5 amide bonds. The number of hydrogen-bond acceptors (Lipinski definition) is 14. The van der Waals surface area contributed by atoms with Crippen molar-refractivity contribution in [2.24, 2.45) is 16.8 Å². The van der Waals surface area contributed by atoms with Crippen LogP contribution in [0.4, 0.5) is 16.2 Å². The predicted octanol–water partition coefficient (Wildman–Crippen LogP) is 9.12. The molecule has 0 saturated heterocycles. The maximum Gasteiger partial charge on any atom is 0.416 e. The number of ether oxygens (including phenoxy) is 5. The highest BCUT2D eigenvalue weighted by Gasteiger charge is 2.46. The Bertz CT molecular complexity index is 3540. The summed E-state index contributed by atoms with van der Waals surface area (Å²) < 4.78 is 29.9. The minimum Gasteiger partial charge on any atom is -0.493 e. The molecule has 10 rings (SSSR count). The molecule has 5 aliphatic rings. The van der Waals surface area contributed by atoms with Gasteiger partial charge in [-0.15, -0.1) is 0 Å². The van der Waals surface area contributed by atoms with E-state index in [-0.39, 0.29) is 123 Å². The number of aryl methyl sites for hydroxylation is 1. The van der Waals surface area contributed by atoms with Gasteiger partial charge in [-0.25, -0.2) is 9.69 Å². The van der Waals surface area contributed by atoms with E-state index in [2.05, 4.69) is 24.0 Å². The van der Waals surface area contributed by atoms with E-state index in [1.165, 1.54) is 30.9 Å². The normalized spacial score (nSPS) is 18.1. The standard InChI is InChI=1S/C69H76N6O13/c1-42(2)54(34-53(76)18-8-7-13-25-72-44(4)19-24-64(72)78)65(79)71-45(5)60(77)31-46-20-22-47(23-21-46)41-88-69(83)75-58-37-63(62(84-6)35-56(58)67(81)74-40-51-17-12-10-15-49(51)33-59(74)68(75)82)87-29-27-85-26-28-86-61-36-57-55(30-43(61)3)66(80)73-39-50-16-11-9-14-48(50)32-52(73)38-70-57/h9-12,14-17,19-24,30,35-38,42,45,52,54,59,68,82H,4,7-8,13,18,25-29,31-34,39-41H2,1-3,5-6H3,(H,71,79)/t45-,52-,54-,59-,68?/m0/s1. The second kappa shape index (κ2) is 27.8. The Balaban J connectivity index is 0.734. The third-order valence-corrected chi connectivity index (χ3v) is 17.1. The van der Waals surface area contributed by atoms with Crippen LogP contribution in [0.15, 0.2) is 126 Å². The maximum absolute atomic E-state index is 14.6. The van der Waals surface area contributed by atoms with Crippen LogP contribution in [0.5, 0.6) is 17.2 Å². The molecule has 5 heterocycles. The van der Waals surface area contributed by atoms with Gasteiger partial charge in [0, 0.05) is 74.9 Å². The summed E-state index contributed by atoms with van der Waals surface area (Å²) in [5.74, 6) is -0.963. The van der Waals surface area contributed by atoms with Crippen molar-refractivity contribution in [3.05, 3.63) is 172 Å². The number of aliphatic hydroxyl groups is 1. The largest absolute Gasteiger partial charge is 0.493 e. The molecule has 0 bridgehead atoms. The summed E-state index contributed by atoms with van der Waals surface area (Å²) in [5, 5.41) is 15.1. The number of ketones is 2. The average molecular weight is 1200 g/mol. The third kappa shape index (κ3) is 14.1. The molecule has 460 valence electrons. The molecule has 19 heteroatoms. The molecular formula is C69H76N6O13. The number of aliphatic hydroxyl groups excluding tert-OH is 1. The van der Waals surface area contributed by atoms with Gasteiger partial charge in [-0.05, 0) is 103 Å². The van der Waals surface area contributed by atoms with Gasteiger partial charge in [0.25, 0.3) is 17.7 Å². The molecule has 5 aromatic carbocycles. The van der Waals surface area contributed by atoms with Crippen molar-refractivity contribution in [2.75, 3.05) is 45.0 Å². The Labute approximate surface area is 512 Å². The number of carbonyl (C=O) groups is 7. The number of fused-ring (bicyclic) bond motifs is 6. The van der Waals surface area contributed by atoms with Gasteiger partial charge in [0.1, 0.15) is 31.4 Å². The molecule has 0 aromatic heterocycles. The monoisotopic (exact) mass is 1200 g/mol. The highest BCUT2D eigenvalue weighted by Crippen LogP contribution is 2.42. The van der Waals surface area contributed by atoms with E-state index in [1.54, 1.807) is 53.1 Å². The number of allylic oxidation sites excluding steroid dienone is 1. The summed E-state index contributed by atoms with van der Waals surface area (Å²) >= 11 is 0. The fourth-order valence-corrected chi connectivity index (χ4v) is 12.0. The summed E-state index contributed by atoms with van der Waals surface area (Å²) in [5.41, 5.74) is 8.12. The van der Waals surface area contributed by atoms with E-state index in [0.717, 1.165) is 40.0 Å². The van der Waals surface area contributed by atoms with Gasteiger partial charge in [0.2, 0.25) is 5.91 Å². The zero-order valence-electron chi connectivity index (χ0n) is 50.5. The molecule has 0 spiro atoms. The van der Waals surface area contributed by atoms with Crippen molar-refractivity contribution in [3.63, 3.8) is 0 Å². The first kappa shape index (κ1) is 62.1. The number of carbonyl (C=O) groups excluding carboxylic acids is 7. The van der Waals surface area contributed by atoms with Gasteiger partial charge >= 0.3 is 6.09 Å². The van der Waals surface area contributed by atoms with Crippen molar-refractivity contribution in [1.29, 1.82) is 0 Å². The van der Waals surface area contributed by atoms with E-state index < -0.39 is 36.2 Å². The van der Waals surface area contributed by atoms with E-state index in [0.29, 0.717) is 66.2 Å². The first-order chi connectivity index (χ1) is 42.5. The number of hydrogen-bond donors (Lipinski definition) is 2. The lowest BCUT2D eigenvalue weighted by Gasteiger charge is -2.39. The number of aliphatic imine (C=N–C) groups is 1. The Morgan fingerprint density at radius 3 is 2.08 bits per heavy atom. The Kier molecular flexibility index (Phi) is 19.6. The second-order valence-corrected chi connectivity index (χ2v) is 23.4. The van der Waals surface area contributed by atoms with Crippen LogP contribution in [-0.4, -0.2) is 132 Å². The lowest BCUT2D eigenvalue weighted by Crippen LogP contribution is -2.55. The lowest BCUT2D eigenvalue weighted by molar-refractivity contribution is -0.133. The zero-order chi connectivity index (χ0) is 62.2. The average Bonchev–Trinajstić information content (AvgIpc) is 1.84. The van der Waals surface area contributed by atoms with Crippen molar-refractivity contribution in [3.8, 4) is 17.2 Å². The number of nitrogens with zero attached hydrogens (tertiary/aromatic N) is 5. The van der Waals surface area contributed by atoms with E-state index in [1.807, 2.05) is 74.4 Å². The molecule has 0 radical (unpaired) electrons. The van der Waals surface area contributed by atoms with Crippen LogP contribution in [0.2, 0.25) is 0 Å². The van der Waals surface area contributed by atoms with Crippen molar-refractivity contribution < 1.29 is 62.4 Å². The Hall–Kier alpha value is -8.94. The number of methoxy groups -OCH3 is 1. The number of nitrogens with one attached hydrogen (secondary N) is 1. The highest BCUT2D eigenvalue weighted by atomic mass is 16.6. The van der Waals surface area contributed by atoms with Gasteiger partial charge < -0.3 is 48.8 Å². The van der Waals surface area contributed by atoms with Gasteiger partial charge in [0.15, 0.2) is 23.5 Å². The van der Waals surface area contributed by atoms with Gasteiger partial charge in [-0.3, -0.25) is 33.8 Å². The summed E-state index contributed by atoms with van der Waals surface area (Å²) in [7, 11) is 1.44. The molecule has 1 unspecified atom stereocenters. The number of benzene rings is 5. The summed E-state index contributed by atoms with van der Waals surface area (Å²) in [6.45, 7) is 12.7. The second-order valence-electron chi connectivity index (χ2n) is 23.4. The van der Waals surface area contributed by atoms with Crippen LogP contribution >= 0.6 is 0 Å². The number of Topliss-reactive ketones (excluding diaryl/α,β-unsaturated/α-hetero) is 2.